The molecule has 0 atom stereocenters. The number of aromatic nitrogens is 1. The molecule has 98 valence electrons. The predicted molar refractivity (Wildman–Crippen MR) is 69.7 cm³/mol. The van der Waals surface area contributed by atoms with E-state index in [1.807, 2.05) is 20.8 Å². The van der Waals surface area contributed by atoms with E-state index >= 15 is 0 Å². The van der Waals surface area contributed by atoms with Crippen LogP contribution in [0.25, 0.3) is 0 Å². The summed E-state index contributed by atoms with van der Waals surface area (Å²) in [5, 5.41) is 0. The summed E-state index contributed by atoms with van der Waals surface area (Å²) < 4.78 is 27.9. The van der Waals surface area contributed by atoms with Gasteiger partial charge < -0.3 is 4.57 Å². The van der Waals surface area contributed by atoms with Crippen LogP contribution in [0.2, 0.25) is 0 Å². The Morgan fingerprint density at radius 1 is 1.47 bits per heavy atom. The summed E-state index contributed by atoms with van der Waals surface area (Å²) in [6.45, 7) is 6.03. The summed E-state index contributed by atoms with van der Waals surface area (Å²) in [6, 6.07) is 1.58. The molecule has 0 fully saturated rings. The standard InChI is InChI=1S/C11H19ClN2O2S/c1-5-14(9(2)3)17(15,16)11-6-10(7-12)13(4)8-11/h6,8-9H,5,7H2,1-4H3. The molecule has 6 heteroatoms. The molecule has 0 saturated heterocycles. The number of hydrogen-bond acceptors (Lipinski definition) is 2. The fourth-order valence-corrected chi connectivity index (χ4v) is 3.81. The average molecular weight is 279 g/mol. The van der Waals surface area contributed by atoms with Gasteiger partial charge in [-0.2, -0.15) is 4.31 Å². The van der Waals surface area contributed by atoms with Crippen molar-refractivity contribution in [3.05, 3.63) is 18.0 Å². The van der Waals surface area contributed by atoms with Crippen molar-refractivity contribution in [2.24, 2.45) is 7.05 Å². The van der Waals surface area contributed by atoms with Gasteiger partial charge in [0.25, 0.3) is 0 Å². The van der Waals surface area contributed by atoms with Crippen LogP contribution in [0.15, 0.2) is 17.2 Å². The fourth-order valence-electron chi connectivity index (χ4n) is 1.80. The summed E-state index contributed by atoms with van der Waals surface area (Å²) in [4.78, 5) is 0.311. The van der Waals surface area contributed by atoms with Crippen molar-refractivity contribution in [3.63, 3.8) is 0 Å². The first kappa shape index (κ1) is 14.5. The second kappa shape index (κ2) is 5.42. The highest BCUT2D eigenvalue weighted by Crippen LogP contribution is 2.21. The first-order valence-corrected chi connectivity index (χ1v) is 7.55. The van der Waals surface area contributed by atoms with E-state index < -0.39 is 10.0 Å². The molecule has 4 nitrogen and oxygen atoms in total. The van der Waals surface area contributed by atoms with Crippen molar-refractivity contribution in [1.29, 1.82) is 0 Å². The van der Waals surface area contributed by atoms with Crippen LogP contribution >= 0.6 is 11.6 Å². The molecule has 1 aromatic heterocycles. The van der Waals surface area contributed by atoms with Gasteiger partial charge in [0, 0.05) is 31.5 Å². The lowest BCUT2D eigenvalue weighted by molar-refractivity contribution is 0.369. The Morgan fingerprint density at radius 2 is 2.06 bits per heavy atom. The van der Waals surface area contributed by atoms with Gasteiger partial charge in [0.15, 0.2) is 0 Å². The van der Waals surface area contributed by atoms with E-state index in [2.05, 4.69) is 0 Å². The van der Waals surface area contributed by atoms with Gasteiger partial charge in [0.05, 0.1) is 5.88 Å². The fraction of sp³-hybridized carbons (Fsp3) is 0.636. The zero-order chi connectivity index (χ0) is 13.2. The number of nitrogens with zero attached hydrogens (tertiary/aromatic N) is 2. The average Bonchev–Trinajstić information content (AvgIpc) is 2.60. The van der Waals surface area contributed by atoms with Gasteiger partial charge in [-0.25, -0.2) is 8.42 Å². The van der Waals surface area contributed by atoms with Crippen molar-refractivity contribution in [1.82, 2.24) is 8.87 Å². The highest BCUT2D eigenvalue weighted by atomic mass is 35.5. The van der Waals surface area contributed by atoms with Crippen molar-refractivity contribution >= 4 is 21.6 Å². The number of aryl methyl sites for hydroxylation is 1. The molecular weight excluding hydrogens is 260 g/mol. The van der Waals surface area contributed by atoms with E-state index in [-0.39, 0.29) is 6.04 Å². The van der Waals surface area contributed by atoms with Gasteiger partial charge in [-0.05, 0) is 19.9 Å². The largest absolute Gasteiger partial charge is 0.352 e. The second-order valence-electron chi connectivity index (χ2n) is 4.21. The maximum atomic E-state index is 12.4. The van der Waals surface area contributed by atoms with E-state index in [0.717, 1.165) is 5.69 Å². The Kier molecular flexibility index (Phi) is 4.63. The Labute approximate surface area is 108 Å². The maximum absolute atomic E-state index is 12.4. The summed E-state index contributed by atoms with van der Waals surface area (Å²) in [7, 11) is -1.61. The molecule has 1 rings (SSSR count). The summed E-state index contributed by atoms with van der Waals surface area (Å²) in [5.74, 6) is 0.305. The van der Waals surface area contributed by atoms with Gasteiger partial charge in [-0.1, -0.05) is 6.92 Å². The molecule has 17 heavy (non-hydrogen) atoms. The zero-order valence-corrected chi connectivity index (χ0v) is 12.2. The van der Waals surface area contributed by atoms with E-state index in [0.29, 0.717) is 17.3 Å². The van der Waals surface area contributed by atoms with Crippen molar-refractivity contribution in [2.75, 3.05) is 6.54 Å². The van der Waals surface area contributed by atoms with Crippen LogP contribution in [0, 0.1) is 0 Å². The number of hydrogen-bond donors (Lipinski definition) is 0. The maximum Gasteiger partial charge on any atom is 0.244 e. The van der Waals surface area contributed by atoms with Gasteiger partial charge >= 0.3 is 0 Å². The van der Waals surface area contributed by atoms with E-state index in [9.17, 15) is 8.42 Å². The molecule has 0 spiro atoms. The minimum atomic E-state index is -3.41. The Hall–Kier alpha value is -0.520. The molecule has 0 aromatic carbocycles. The molecule has 0 N–H and O–H groups in total. The zero-order valence-electron chi connectivity index (χ0n) is 10.6. The first-order chi connectivity index (χ1) is 7.84. The lowest BCUT2D eigenvalue weighted by Crippen LogP contribution is -2.36. The smallest absolute Gasteiger partial charge is 0.244 e. The van der Waals surface area contributed by atoms with Crippen LogP contribution in [-0.2, 0) is 23.0 Å². The van der Waals surface area contributed by atoms with Crippen LogP contribution in [0.1, 0.15) is 26.5 Å². The van der Waals surface area contributed by atoms with Gasteiger partial charge in [0.2, 0.25) is 10.0 Å². The van der Waals surface area contributed by atoms with Crippen molar-refractivity contribution in [2.45, 2.75) is 37.6 Å². The summed E-state index contributed by atoms with van der Waals surface area (Å²) in [5.41, 5.74) is 0.796. The number of alkyl halides is 1. The SMILES string of the molecule is CCN(C(C)C)S(=O)(=O)c1cc(CCl)n(C)c1. The topological polar surface area (TPSA) is 42.3 Å². The third kappa shape index (κ3) is 2.84. The van der Waals surface area contributed by atoms with Crippen LogP contribution in [-0.4, -0.2) is 29.9 Å². The molecule has 0 aliphatic rings. The molecule has 0 saturated carbocycles. The Morgan fingerprint density at radius 3 is 2.41 bits per heavy atom. The van der Waals surface area contributed by atoms with Crippen LogP contribution in [0.5, 0.6) is 0 Å². The van der Waals surface area contributed by atoms with Gasteiger partial charge in [-0.15, -0.1) is 11.6 Å². The van der Waals surface area contributed by atoms with Crippen molar-refractivity contribution in [3.8, 4) is 0 Å². The number of halogens is 1. The van der Waals surface area contributed by atoms with Crippen LogP contribution in [0.4, 0.5) is 0 Å². The third-order valence-corrected chi connectivity index (χ3v) is 5.10. The number of sulfonamides is 1. The summed E-state index contributed by atoms with van der Waals surface area (Å²) >= 11 is 5.74. The highest BCUT2D eigenvalue weighted by molar-refractivity contribution is 7.89. The lowest BCUT2D eigenvalue weighted by Gasteiger charge is -2.23. The van der Waals surface area contributed by atoms with Gasteiger partial charge in [-0.3, -0.25) is 0 Å². The van der Waals surface area contributed by atoms with E-state index in [4.69, 9.17) is 11.6 Å². The minimum absolute atomic E-state index is 0.0512. The third-order valence-electron chi connectivity index (χ3n) is 2.71. The molecular formula is C11H19ClN2O2S. The number of rotatable bonds is 5. The first-order valence-electron chi connectivity index (χ1n) is 5.57. The van der Waals surface area contributed by atoms with Crippen LogP contribution in [0.3, 0.4) is 0 Å². The molecule has 1 heterocycles. The van der Waals surface area contributed by atoms with Crippen molar-refractivity contribution < 1.29 is 8.42 Å². The molecule has 0 amide bonds. The lowest BCUT2D eigenvalue weighted by atomic mass is 10.4. The molecule has 0 bridgehead atoms. The quantitative estimate of drug-likeness (QED) is 0.775. The van der Waals surface area contributed by atoms with E-state index in [1.165, 1.54) is 4.31 Å². The molecule has 0 aliphatic heterocycles. The molecule has 0 aliphatic carbocycles. The van der Waals surface area contributed by atoms with Gasteiger partial charge in [0.1, 0.15) is 4.90 Å². The summed E-state index contributed by atoms with van der Waals surface area (Å²) in [6.07, 6.45) is 1.61. The second-order valence-corrected chi connectivity index (χ2v) is 6.37. The van der Waals surface area contributed by atoms with Crippen LogP contribution < -0.4 is 0 Å². The highest BCUT2D eigenvalue weighted by Gasteiger charge is 2.26. The molecule has 0 unspecified atom stereocenters. The molecule has 1 aromatic rings. The normalized spacial score (nSPS) is 12.6. The van der Waals surface area contributed by atoms with E-state index in [1.54, 1.807) is 23.9 Å². The monoisotopic (exact) mass is 278 g/mol. The minimum Gasteiger partial charge on any atom is -0.352 e. The molecule has 0 radical (unpaired) electrons. The Balaban J connectivity index is 3.20. The Bertz CT molecular complexity index is 480. The predicted octanol–water partition coefficient (Wildman–Crippen LogP) is 2.18.